The van der Waals surface area contributed by atoms with Gasteiger partial charge < -0.3 is 15.0 Å². The Kier molecular flexibility index (Phi) is 3.83. The van der Waals surface area contributed by atoms with Gasteiger partial charge in [-0.25, -0.2) is 4.79 Å². The molecule has 0 aliphatic rings. The number of ketones is 1. The molecular weight excluding hydrogens is 248 g/mol. The normalized spacial score (nSPS) is 11.2. The van der Waals surface area contributed by atoms with Crippen LogP contribution >= 0.6 is 0 Å². The van der Waals surface area contributed by atoms with Gasteiger partial charge in [0.2, 0.25) is 0 Å². The molecule has 1 aromatic rings. The lowest BCUT2D eigenvalue weighted by Crippen LogP contribution is -2.44. The van der Waals surface area contributed by atoms with Crippen molar-refractivity contribution in [1.82, 2.24) is 9.88 Å². The highest BCUT2D eigenvalue weighted by Crippen LogP contribution is 2.17. The van der Waals surface area contributed by atoms with Crippen LogP contribution in [-0.2, 0) is 11.8 Å². The molecule has 2 N–H and O–H groups in total. The summed E-state index contributed by atoms with van der Waals surface area (Å²) >= 11 is 0. The zero-order chi connectivity index (χ0) is 15.0. The molecule has 6 nitrogen and oxygen atoms in total. The molecule has 1 aromatic heterocycles. The lowest BCUT2D eigenvalue weighted by Gasteiger charge is -2.20. The predicted molar refractivity (Wildman–Crippen MR) is 69.3 cm³/mol. The molecule has 1 rings (SSSR count). The van der Waals surface area contributed by atoms with Crippen molar-refractivity contribution < 1.29 is 19.5 Å². The van der Waals surface area contributed by atoms with E-state index < -0.39 is 23.2 Å². The lowest BCUT2D eigenvalue weighted by molar-refractivity contribution is -0.118. The van der Waals surface area contributed by atoms with Gasteiger partial charge in [0.15, 0.2) is 0 Å². The van der Waals surface area contributed by atoms with Gasteiger partial charge in [0.1, 0.15) is 0 Å². The van der Waals surface area contributed by atoms with Crippen LogP contribution in [0.1, 0.15) is 47.2 Å². The van der Waals surface area contributed by atoms with E-state index in [4.69, 9.17) is 5.11 Å². The number of hydrogen-bond acceptors (Lipinski definition) is 3. The number of carboxylic acid groups (broad SMARTS) is 1. The summed E-state index contributed by atoms with van der Waals surface area (Å²) in [6.45, 7) is 6.80. The Hall–Kier alpha value is -2.11. The highest BCUT2D eigenvalue weighted by Gasteiger charge is 2.27. The molecule has 1 heterocycles. The SMILES string of the molecule is Cc1c(C(=O)O)cn(C)c1C(=O)C(=O)NC(C)(C)C. The maximum Gasteiger partial charge on any atom is 0.337 e. The number of hydrogen-bond donors (Lipinski definition) is 2. The molecule has 0 bridgehead atoms. The number of rotatable bonds is 3. The lowest BCUT2D eigenvalue weighted by atomic mass is 10.1. The van der Waals surface area contributed by atoms with Crippen molar-refractivity contribution in [2.75, 3.05) is 0 Å². The Morgan fingerprint density at radius 1 is 1.26 bits per heavy atom. The van der Waals surface area contributed by atoms with Gasteiger partial charge in [-0.2, -0.15) is 0 Å². The van der Waals surface area contributed by atoms with Crippen LogP contribution in [0.5, 0.6) is 0 Å². The van der Waals surface area contributed by atoms with Crippen molar-refractivity contribution in [3.63, 3.8) is 0 Å². The Balaban J connectivity index is 3.14. The van der Waals surface area contributed by atoms with E-state index in [2.05, 4.69) is 5.32 Å². The Morgan fingerprint density at radius 2 is 1.79 bits per heavy atom. The van der Waals surface area contributed by atoms with Gasteiger partial charge in [-0.05, 0) is 33.3 Å². The number of aryl methyl sites for hydroxylation is 1. The van der Waals surface area contributed by atoms with Gasteiger partial charge in [-0.1, -0.05) is 0 Å². The van der Waals surface area contributed by atoms with E-state index >= 15 is 0 Å². The van der Waals surface area contributed by atoms with Crippen LogP contribution in [0, 0.1) is 6.92 Å². The minimum Gasteiger partial charge on any atom is -0.478 e. The second kappa shape index (κ2) is 4.87. The van der Waals surface area contributed by atoms with Crippen molar-refractivity contribution in [2.45, 2.75) is 33.2 Å². The fourth-order valence-corrected chi connectivity index (χ4v) is 1.80. The zero-order valence-electron chi connectivity index (χ0n) is 11.7. The van der Waals surface area contributed by atoms with Gasteiger partial charge >= 0.3 is 5.97 Å². The number of aromatic carboxylic acids is 1. The molecule has 0 saturated heterocycles. The van der Waals surface area contributed by atoms with Crippen molar-refractivity contribution in [3.05, 3.63) is 23.0 Å². The molecule has 0 aliphatic heterocycles. The summed E-state index contributed by atoms with van der Waals surface area (Å²) in [5.41, 5.74) is -0.112. The summed E-state index contributed by atoms with van der Waals surface area (Å²) in [4.78, 5) is 34.9. The molecule has 0 saturated carbocycles. The Morgan fingerprint density at radius 3 is 2.16 bits per heavy atom. The number of aromatic nitrogens is 1. The van der Waals surface area contributed by atoms with E-state index in [1.165, 1.54) is 24.7 Å². The summed E-state index contributed by atoms with van der Waals surface area (Å²) in [5, 5.41) is 11.5. The van der Waals surface area contributed by atoms with E-state index in [9.17, 15) is 14.4 Å². The number of Topliss-reactive ketones (excluding diaryl/α,β-unsaturated/α-hetero) is 1. The van der Waals surface area contributed by atoms with Crippen LogP contribution in [0.2, 0.25) is 0 Å². The fourth-order valence-electron chi connectivity index (χ4n) is 1.80. The summed E-state index contributed by atoms with van der Waals surface area (Å²) in [6, 6.07) is 0. The van der Waals surface area contributed by atoms with E-state index in [1.807, 2.05) is 0 Å². The van der Waals surface area contributed by atoms with Gasteiger partial charge in [0.25, 0.3) is 11.7 Å². The maximum absolute atomic E-state index is 12.1. The van der Waals surface area contributed by atoms with Gasteiger partial charge in [0.05, 0.1) is 11.3 Å². The maximum atomic E-state index is 12.1. The third-order valence-corrected chi connectivity index (χ3v) is 2.57. The Bertz CT molecular complexity index is 550. The standard InChI is InChI=1S/C13H18N2O4/c1-7-8(12(18)19)6-15(5)9(7)10(16)11(17)14-13(2,3)4/h6H,1-5H3,(H,14,17)(H,18,19). The zero-order valence-corrected chi connectivity index (χ0v) is 11.7. The topological polar surface area (TPSA) is 88.4 Å². The van der Waals surface area contributed by atoms with Crippen molar-refractivity contribution in [3.8, 4) is 0 Å². The van der Waals surface area contributed by atoms with Crippen LogP contribution in [0.15, 0.2) is 6.20 Å². The monoisotopic (exact) mass is 266 g/mol. The van der Waals surface area contributed by atoms with Crippen molar-refractivity contribution >= 4 is 17.7 Å². The molecule has 104 valence electrons. The van der Waals surface area contributed by atoms with Crippen LogP contribution in [0.3, 0.4) is 0 Å². The molecule has 0 aromatic carbocycles. The molecule has 6 heteroatoms. The molecule has 1 amide bonds. The fraction of sp³-hybridized carbons (Fsp3) is 0.462. The Labute approximate surface area is 111 Å². The van der Waals surface area contributed by atoms with Crippen LogP contribution < -0.4 is 5.32 Å². The highest BCUT2D eigenvalue weighted by molar-refractivity contribution is 6.43. The van der Waals surface area contributed by atoms with Crippen molar-refractivity contribution in [2.24, 2.45) is 7.05 Å². The third-order valence-electron chi connectivity index (χ3n) is 2.57. The summed E-state index contributed by atoms with van der Waals surface area (Å²) < 4.78 is 1.36. The van der Waals surface area contributed by atoms with E-state index in [0.717, 1.165) is 0 Å². The number of carboxylic acids is 1. The predicted octanol–water partition coefficient (Wildman–Crippen LogP) is 1.13. The molecule has 0 atom stereocenters. The van der Waals surface area contributed by atoms with E-state index in [0.29, 0.717) is 5.56 Å². The van der Waals surface area contributed by atoms with Gasteiger partial charge in [0, 0.05) is 18.8 Å². The number of amides is 1. The third kappa shape index (κ3) is 3.21. The molecule has 0 radical (unpaired) electrons. The average molecular weight is 266 g/mol. The number of carbonyl (C=O) groups is 3. The number of carbonyl (C=O) groups excluding carboxylic acids is 2. The summed E-state index contributed by atoms with van der Waals surface area (Å²) in [6.07, 6.45) is 1.33. The first-order valence-electron chi connectivity index (χ1n) is 5.80. The van der Waals surface area contributed by atoms with Crippen molar-refractivity contribution in [1.29, 1.82) is 0 Å². The second-order valence-electron chi connectivity index (χ2n) is 5.47. The van der Waals surface area contributed by atoms with E-state index in [1.54, 1.807) is 20.8 Å². The quantitative estimate of drug-likeness (QED) is 0.634. The van der Waals surface area contributed by atoms with Gasteiger partial charge in [-0.3, -0.25) is 9.59 Å². The molecule has 0 fully saturated rings. The minimum atomic E-state index is -1.12. The molecule has 0 unspecified atom stereocenters. The van der Waals surface area contributed by atoms with Crippen LogP contribution in [0.25, 0.3) is 0 Å². The van der Waals surface area contributed by atoms with Crippen LogP contribution in [-0.4, -0.2) is 32.9 Å². The number of nitrogens with one attached hydrogen (secondary N) is 1. The molecule has 19 heavy (non-hydrogen) atoms. The van der Waals surface area contributed by atoms with Crippen LogP contribution in [0.4, 0.5) is 0 Å². The molecular formula is C13H18N2O4. The highest BCUT2D eigenvalue weighted by atomic mass is 16.4. The smallest absolute Gasteiger partial charge is 0.337 e. The van der Waals surface area contributed by atoms with Gasteiger partial charge in [-0.15, -0.1) is 0 Å². The second-order valence-corrected chi connectivity index (χ2v) is 5.47. The first kappa shape index (κ1) is 14.9. The largest absolute Gasteiger partial charge is 0.478 e. The summed E-state index contributed by atoms with van der Waals surface area (Å²) in [5.74, 6) is -2.60. The number of nitrogens with zero attached hydrogens (tertiary/aromatic N) is 1. The minimum absolute atomic E-state index is 0.0226. The summed E-state index contributed by atoms with van der Waals surface area (Å²) in [7, 11) is 1.54. The molecule has 0 aliphatic carbocycles. The van der Waals surface area contributed by atoms with E-state index in [-0.39, 0.29) is 11.3 Å². The first-order valence-corrected chi connectivity index (χ1v) is 5.80. The molecule has 0 spiro atoms. The average Bonchev–Trinajstić information content (AvgIpc) is 2.51. The first-order chi connectivity index (χ1) is 8.54.